The molecule has 0 saturated carbocycles. The van der Waals surface area contributed by atoms with Crippen LogP contribution in [-0.4, -0.2) is 34.4 Å². The summed E-state index contributed by atoms with van der Waals surface area (Å²) in [4.78, 5) is 17.5. The first-order valence-electron chi connectivity index (χ1n) is 11.9. The molecular weight excluding hydrogens is 466 g/mol. The molecule has 8 nitrogen and oxygen atoms in total. The molecule has 8 heteroatoms. The number of fused-ring (bicyclic) bond motifs is 2. The van der Waals surface area contributed by atoms with Crippen molar-refractivity contribution in [2.24, 2.45) is 0 Å². The van der Waals surface area contributed by atoms with Crippen molar-refractivity contribution in [3.8, 4) is 23.4 Å². The zero-order chi connectivity index (χ0) is 25.8. The first-order chi connectivity index (χ1) is 18.1. The Balaban J connectivity index is 1.29. The number of hydrogen-bond donors (Lipinski definition) is 1. The summed E-state index contributed by atoms with van der Waals surface area (Å²) in [6.07, 6.45) is 2.16. The number of anilines is 1. The van der Waals surface area contributed by atoms with Crippen molar-refractivity contribution in [1.82, 2.24) is 14.8 Å². The Morgan fingerprint density at radius 1 is 1.08 bits per heavy atom. The molecule has 0 fully saturated rings. The number of aromatic nitrogens is 3. The lowest BCUT2D eigenvalue weighted by atomic mass is 10.1. The van der Waals surface area contributed by atoms with Crippen LogP contribution < -0.4 is 14.8 Å². The van der Waals surface area contributed by atoms with E-state index >= 15 is 0 Å². The van der Waals surface area contributed by atoms with Gasteiger partial charge in [0.1, 0.15) is 28.6 Å². The Bertz CT molecular complexity index is 1650. The molecule has 0 radical (unpaired) electrons. The molecule has 0 unspecified atom stereocenters. The molecule has 2 aromatic heterocycles. The minimum Gasteiger partial charge on any atom is -0.494 e. The van der Waals surface area contributed by atoms with E-state index in [0.29, 0.717) is 30.1 Å². The second-order valence-electron chi connectivity index (χ2n) is 8.59. The van der Waals surface area contributed by atoms with E-state index in [9.17, 15) is 10.1 Å². The van der Waals surface area contributed by atoms with E-state index in [1.165, 1.54) is 10.9 Å². The number of nitrogens with zero attached hydrogens (tertiary/aromatic N) is 4. The molecule has 5 aromatic rings. The van der Waals surface area contributed by atoms with Crippen LogP contribution in [0.5, 0.6) is 11.5 Å². The number of nitriles is 1. The van der Waals surface area contributed by atoms with Crippen LogP contribution in [0.15, 0.2) is 72.9 Å². The molecule has 184 valence electrons. The molecule has 1 N–H and O–H groups in total. The van der Waals surface area contributed by atoms with Gasteiger partial charge in [0.15, 0.2) is 11.6 Å². The van der Waals surface area contributed by atoms with Crippen LogP contribution in [0.25, 0.3) is 27.5 Å². The molecule has 37 heavy (non-hydrogen) atoms. The standard InChI is InChI=1S/C29H25N5O3/c1-19-15-26(32-28-24(19)9-5-10-25(28)36-2)34-29(22(17-30)18-31-34)33-27(35)11-6-14-37-23-13-12-20-7-3-4-8-21(20)16-23/h3-5,7-10,12-13,15-16,18H,6,11,14H2,1-2H3,(H,33,35). The predicted octanol–water partition coefficient (Wildman–Crippen LogP) is 5.56. The van der Waals surface area contributed by atoms with Gasteiger partial charge in [-0.25, -0.2) is 4.98 Å². The summed E-state index contributed by atoms with van der Waals surface area (Å²) in [5.74, 6) is 1.91. The summed E-state index contributed by atoms with van der Waals surface area (Å²) in [7, 11) is 1.59. The Kier molecular flexibility index (Phi) is 6.68. The number of rotatable bonds is 8. The first-order valence-corrected chi connectivity index (χ1v) is 11.9. The van der Waals surface area contributed by atoms with Gasteiger partial charge in [-0.2, -0.15) is 15.0 Å². The van der Waals surface area contributed by atoms with Gasteiger partial charge in [0.05, 0.1) is 19.9 Å². The SMILES string of the molecule is COc1cccc2c(C)cc(-n3ncc(C#N)c3NC(=O)CCCOc3ccc4ccccc4c3)nc12. The summed E-state index contributed by atoms with van der Waals surface area (Å²) in [5.41, 5.74) is 1.90. The lowest BCUT2D eigenvalue weighted by molar-refractivity contribution is -0.116. The third kappa shape index (κ3) is 4.93. The minimum atomic E-state index is -0.240. The fourth-order valence-electron chi connectivity index (χ4n) is 4.25. The minimum absolute atomic E-state index is 0.224. The van der Waals surface area contributed by atoms with E-state index in [4.69, 9.17) is 14.5 Å². The normalized spacial score (nSPS) is 10.8. The van der Waals surface area contributed by atoms with Gasteiger partial charge in [-0.15, -0.1) is 0 Å². The summed E-state index contributed by atoms with van der Waals surface area (Å²) < 4.78 is 12.8. The van der Waals surface area contributed by atoms with Crippen LogP contribution in [-0.2, 0) is 4.79 Å². The van der Waals surface area contributed by atoms with Gasteiger partial charge in [0.25, 0.3) is 0 Å². The number of ether oxygens (including phenoxy) is 2. The van der Waals surface area contributed by atoms with Crippen LogP contribution >= 0.6 is 0 Å². The fraction of sp³-hybridized carbons (Fsp3) is 0.172. The molecule has 0 aliphatic rings. The average molecular weight is 492 g/mol. The van der Waals surface area contributed by atoms with Crippen molar-refractivity contribution in [2.75, 3.05) is 19.0 Å². The molecule has 0 spiro atoms. The second-order valence-corrected chi connectivity index (χ2v) is 8.59. The monoisotopic (exact) mass is 491 g/mol. The Hall–Kier alpha value is -4.90. The van der Waals surface area contributed by atoms with Crippen LogP contribution in [0.2, 0.25) is 0 Å². The molecule has 5 rings (SSSR count). The van der Waals surface area contributed by atoms with Gasteiger partial charge in [-0.3, -0.25) is 4.79 Å². The highest BCUT2D eigenvalue weighted by atomic mass is 16.5. The zero-order valence-electron chi connectivity index (χ0n) is 20.6. The predicted molar refractivity (Wildman–Crippen MR) is 142 cm³/mol. The van der Waals surface area contributed by atoms with E-state index in [1.54, 1.807) is 7.11 Å². The summed E-state index contributed by atoms with van der Waals surface area (Å²) in [6.45, 7) is 2.36. The van der Waals surface area contributed by atoms with Crippen molar-refractivity contribution in [2.45, 2.75) is 19.8 Å². The molecule has 3 aromatic carbocycles. The maximum Gasteiger partial charge on any atom is 0.225 e. The molecule has 2 heterocycles. The van der Waals surface area contributed by atoms with Crippen molar-refractivity contribution in [1.29, 1.82) is 5.26 Å². The number of hydrogen-bond acceptors (Lipinski definition) is 6. The number of carbonyl (C=O) groups is 1. The highest BCUT2D eigenvalue weighted by Gasteiger charge is 2.18. The Morgan fingerprint density at radius 2 is 1.92 bits per heavy atom. The zero-order valence-corrected chi connectivity index (χ0v) is 20.6. The molecule has 0 aliphatic carbocycles. The maximum absolute atomic E-state index is 12.8. The van der Waals surface area contributed by atoms with Crippen LogP contribution in [0.3, 0.4) is 0 Å². The van der Waals surface area contributed by atoms with Gasteiger partial charge < -0.3 is 14.8 Å². The molecule has 0 saturated heterocycles. The number of benzene rings is 3. The second kappa shape index (κ2) is 10.4. The summed E-state index contributed by atoms with van der Waals surface area (Å²) in [5, 5.41) is 20.0. The molecular formula is C29H25N5O3. The Labute approximate surface area is 214 Å². The van der Waals surface area contributed by atoms with Crippen molar-refractivity contribution in [3.05, 3.63) is 84.1 Å². The molecule has 0 aliphatic heterocycles. The molecule has 0 atom stereocenters. The smallest absolute Gasteiger partial charge is 0.225 e. The first kappa shape index (κ1) is 23.8. The van der Waals surface area contributed by atoms with E-state index in [0.717, 1.165) is 27.5 Å². The summed E-state index contributed by atoms with van der Waals surface area (Å²) in [6, 6.07) is 23.7. The topological polar surface area (TPSA) is 102 Å². The van der Waals surface area contributed by atoms with Crippen molar-refractivity contribution >= 4 is 33.4 Å². The third-order valence-corrected chi connectivity index (χ3v) is 6.12. The van der Waals surface area contributed by atoms with Crippen molar-refractivity contribution < 1.29 is 14.3 Å². The van der Waals surface area contributed by atoms with Crippen LogP contribution in [0.1, 0.15) is 24.0 Å². The van der Waals surface area contributed by atoms with E-state index in [2.05, 4.69) is 22.6 Å². The average Bonchev–Trinajstić information content (AvgIpc) is 3.33. The van der Waals surface area contributed by atoms with E-state index < -0.39 is 0 Å². The Morgan fingerprint density at radius 3 is 2.73 bits per heavy atom. The van der Waals surface area contributed by atoms with Gasteiger partial charge in [-0.1, -0.05) is 42.5 Å². The number of pyridine rings is 1. The van der Waals surface area contributed by atoms with Crippen LogP contribution in [0.4, 0.5) is 5.82 Å². The van der Waals surface area contributed by atoms with Gasteiger partial charge in [-0.05, 0) is 53.9 Å². The largest absolute Gasteiger partial charge is 0.494 e. The number of aryl methyl sites for hydroxylation is 1. The quantitative estimate of drug-likeness (QED) is 0.285. The van der Waals surface area contributed by atoms with Gasteiger partial charge in [0, 0.05) is 11.8 Å². The lowest BCUT2D eigenvalue weighted by Crippen LogP contribution is -2.17. The van der Waals surface area contributed by atoms with Gasteiger partial charge in [0.2, 0.25) is 5.91 Å². The fourth-order valence-corrected chi connectivity index (χ4v) is 4.25. The van der Waals surface area contributed by atoms with E-state index in [1.807, 2.05) is 67.6 Å². The van der Waals surface area contributed by atoms with Crippen LogP contribution in [0, 0.1) is 18.3 Å². The molecule has 0 bridgehead atoms. The number of nitrogens with one attached hydrogen (secondary N) is 1. The summed E-state index contributed by atoms with van der Waals surface area (Å²) >= 11 is 0. The lowest BCUT2D eigenvalue weighted by Gasteiger charge is -2.13. The highest BCUT2D eigenvalue weighted by molar-refractivity contribution is 5.92. The maximum atomic E-state index is 12.8. The van der Waals surface area contributed by atoms with E-state index in [-0.39, 0.29) is 23.7 Å². The third-order valence-electron chi connectivity index (χ3n) is 6.12. The van der Waals surface area contributed by atoms with Gasteiger partial charge >= 0.3 is 0 Å². The number of methoxy groups -OCH3 is 1. The number of carbonyl (C=O) groups excluding carboxylic acids is 1. The van der Waals surface area contributed by atoms with Crippen molar-refractivity contribution in [3.63, 3.8) is 0 Å². The molecule has 1 amide bonds. The highest BCUT2D eigenvalue weighted by Crippen LogP contribution is 2.29. The number of amides is 1. The number of para-hydroxylation sites is 1.